The minimum absolute atomic E-state index is 0.0433. The van der Waals surface area contributed by atoms with Crippen LogP contribution in [0.15, 0.2) is 35.4 Å². The smallest absolute Gasteiger partial charge is 0.240 e. The number of nitrogens with zero attached hydrogens (tertiary/aromatic N) is 1. The molecule has 2 aromatic carbocycles. The van der Waals surface area contributed by atoms with Gasteiger partial charge in [0.05, 0.1) is 6.21 Å². The first kappa shape index (κ1) is 20.2. The zero-order valence-corrected chi connectivity index (χ0v) is 16.1. The molecular formula is C21H25N3O3. The predicted octanol–water partition coefficient (Wildman–Crippen LogP) is 3.49. The van der Waals surface area contributed by atoms with Gasteiger partial charge in [0.25, 0.3) is 0 Å². The minimum atomic E-state index is -0.338. The molecule has 3 N–H and O–H groups in total. The number of carbonyl (C=O) groups excluding carboxylic acids is 2. The SMILES string of the molecule is Cc1cccc(NC(=O)CCC(=O)NN=Cc2cc(C)c(O)c(C)c2)c1C. The average Bonchev–Trinajstić information content (AvgIpc) is 2.62. The number of phenolic OH excluding ortho intramolecular Hbond substituents is 1. The number of phenols is 1. The summed E-state index contributed by atoms with van der Waals surface area (Å²) < 4.78 is 0. The summed E-state index contributed by atoms with van der Waals surface area (Å²) in [6.45, 7) is 7.52. The van der Waals surface area contributed by atoms with Crippen LogP contribution in [0.25, 0.3) is 0 Å². The number of anilines is 1. The van der Waals surface area contributed by atoms with Crippen molar-refractivity contribution < 1.29 is 14.7 Å². The van der Waals surface area contributed by atoms with Crippen molar-refractivity contribution in [2.45, 2.75) is 40.5 Å². The van der Waals surface area contributed by atoms with Crippen molar-refractivity contribution in [3.63, 3.8) is 0 Å². The molecule has 0 saturated carbocycles. The molecule has 2 amide bonds. The first-order valence-electron chi connectivity index (χ1n) is 8.76. The molecule has 0 aromatic heterocycles. The predicted molar refractivity (Wildman–Crippen MR) is 107 cm³/mol. The van der Waals surface area contributed by atoms with E-state index < -0.39 is 0 Å². The molecule has 2 rings (SSSR count). The van der Waals surface area contributed by atoms with Crippen LogP contribution in [0.1, 0.15) is 40.7 Å². The van der Waals surface area contributed by atoms with Crippen molar-refractivity contribution in [3.8, 4) is 5.75 Å². The standard InChI is InChI=1S/C21H25N3O3/c1-13-6-5-7-18(16(13)4)23-19(25)8-9-20(26)24-22-12-17-10-14(2)21(27)15(3)11-17/h5-7,10-12,27H,8-9H2,1-4H3,(H,23,25)(H,24,26). The monoisotopic (exact) mass is 367 g/mol. The maximum absolute atomic E-state index is 12.0. The Morgan fingerprint density at radius 3 is 2.30 bits per heavy atom. The van der Waals surface area contributed by atoms with Crippen LogP contribution in [0.5, 0.6) is 5.75 Å². The van der Waals surface area contributed by atoms with Gasteiger partial charge >= 0.3 is 0 Å². The molecule has 0 aliphatic carbocycles. The zero-order valence-electron chi connectivity index (χ0n) is 16.1. The van der Waals surface area contributed by atoms with E-state index in [1.54, 1.807) is 26.0 Å². The van der Waals surface area contributed by atoms with E-state index in [2.05, 4.69) is 15.8 Å². The van der Waals surface area contributed by atoms with Crippen molar-refractivity contribution in [2.75, 3.05) is 5.32 Å². The summed E-state index contributed by atoms with van der Waals surface area (Å²) in [5.74, 6) is -0.298. The lowest BCUT2D eigenvalue weighted by atomic mass is 10.1. The molecule has 0 spiro atoms. The van der Waals surface area contributed by atoms with Crippen molar-refractivity contribution in [1.29, 1.82) is 0 Å². The highest BCUT2D eigenvalue weighted by molar-refractivity contribution is 5.94. The van der Waals surface area contributed by atoms with Gasteiger partial charge in [-0.1, -0.05) is 12.1 Å². The van der Waals surface area contributed by atoms with E-state index in [0.717, 1.165) is 33.5 Å². The molecule has 0 saturated heterocycles. The molecule has 142 valence electrons. The van der Waals surface area contributed by atoms with Crippen LogP contribution in [0.4, 0.5) is 5.69 Å². The zero-order chi connectivity index (χ0) is 20.0. The number of aryl methyl sites for hydroxylation is 3. The number of benzene rings is 2. The largest absolute Gasteiger partial charge is 0.507 e. The van der Waals surface area contributed by atoms with Gasteiger partial charge in [-0.3, -0.25) is 9.59 Å². The van der Waals surface area contributed by atoms with Gasteiger partial charge in [0.15, 0.2) is 0 Å². The van der Waals surface area contributed by atoms with Crippen LogP contribution < -0.4 is 10.7 Å². The van der Waals surface area contributed by atoms with E-state index in [-0.39, 0.29) is 30.4 Å². The number of hydrogen-bond acceptors (Lipinski definition) is 4. The van der Waals surface area contributed by atoms with E-state index in [9.17, 15) is 14.7 Å². The van der Waals surface area contributed by atoms with Gasteiger partial charge in [-0.2, -0.15) is 5.10 Å². The molecule has 0 radical (unpaired) electrons. The molecule has 0 fully saturated rings. The second kappa shape index (κ2) is 8.98. The lowest BCUT2D eigenvalue weighted by molar-refractivity contribution is -0.124. The third kappa shape index (κ3) is 5.67. The molecule has 0 aliphatic rings. The van der Waals surface area contributed by atoms with Crippen molar-refractivity contribution >= 4 is 23.7 Å². The van der Waals surface area contributed by atoms with Crippen LogP contribution in [0.2, 0.25) is 0 Å². The number of rotatable bonds is 6. The number of hydrazone groups is 1. The molecule has 0 unspecified atom stereocenters. The van der Waals surface area contributed by atoms with Crippen molar-refractivity contribution in [3.05, 3.63) is 58.1 Å². The summed E-state index contributed by atoms with van der Waals surface area (Å²) in [5.41, 5.74) is 7.54. The molecule has 0 atom stereocenters. The Labute approximate surface area is 159 Å². The van der Waals surface area contributed by atoms with Gasteiger partial charge < -0.3 is 10.4 Å². The lowest BCUT2D eigenvalue weighted by Gasteiger charge is -2.10. The van der Waals surface area contributed by atoms with E-state index in [4.69, 9.17) is 0 Å². The van der Waals surface area contributed by atoms with Crippen LogP contribution >= 0.6 is 0 Å². The van der Waals surface area contributed by atoms with Gasteiger partial charge in [-0.05, 0) is 73.7 Å². The Morgan fingerprint density at radius 2 is 1.63 bits per heavy atom. The second-order valence-corrected chi connectivity index (χ2v) is 6.59. The van der Waals surface area contributed by atoms with Gasteiger partial charge in [-0.25, -0.2) is 5.43 Å². The van der Waals surface area contributed by atoms with Crippen molar-refractivity contribution in [1.82, 2.24) is 5.43 Å². The fourth-order valence-electron chi connectivity index (χ4n) is 2.62. The van der Waals surface area contributed by atoms with Crippen LogP contribution in [0, 0.1) is 27.7 Å². The van der Waals surface area contributed by atoms with Gasteiger partial charge in [0.2, 0.25) is 11.8 Å². The summed E-state index contributed by atoms with van der Waals surface area (Å²) >= 11 is 0. The maximum atomic E-state index is 12.0. The highest BCUT2D eigenvalue weighted by Crippen LogP contribution is 2.22. The van der Waals surface area contributed by atoms with Gasteiger partial charge in [0, 0.05) is 18.5 Å². The fraction of sp³-hybridized carbons (Fsp3) is 0.286. The summed E-state index contributed by atoms with van der Waals surface area (Å²) in [6.07, 6.45) is 1.63. The number of hydrogen-bond donors (Lipinski definition) is 3. The Balaban J connectivity index is 1.82. The Morgan fingerprint density at radius 1 is 1.00 bits per heavy atom. The van der Waals surface area contributed by atoms with E-state index in [1.807, 2.05) is 32.0 Å². The molecule has 2 aromatic rings. The van der Waals surface area contributed by atoms with Crippen LogP contribution in [-0.2, 0) is 9.59 Å². The molecule has 27 heavy (non-hydrogen) atoms. The summed E-state index contributed by atoms with van der Waals surface area (Å²) in [7, 11) is 0. The van der Waals surface area contributed by atoms with E-state index >= 15 is 0 Å². The number of carbonyl (C=O) groups is 2. The van der Waals surface area contributed by atoms with Gasteiger partial charge in [0.1, 0.15) is 5.75 Å². The highest BCUT2D eigenvalue weighted by atomic mass is 16.3. The van der Waals surface area contributed by atoms with Crippen molar-refractivity contribution in [2.24, 2.45) is 5.10 Å². The van der Waals surface area contributed by atoms with Gasteiger partial charge in [-0.15, -0.1) is 0 Å². The first-order valence-corrected chi connectivity index (χ1v) is 8.76. The maximum Gasteiger partial charge on any atom is 0.240 e. The van der Waals surface area contributed by atoms with Crippen LogP contribution in [0.3, 0.4) is 0 Å². The minimum Gasteiger partial charge on any atom is -0.507 e. The summed E-state index contributed by atoms with van der Waals surface area (Å²) in [6, 6.07) is 9.25. The normalized spacial score (nSPS) is 10.8. The van der Waals surface area contributed by atoms with E-state index in [1.165, 1.54) is 6.21 Å². The quantitative estimate of drug-likeness (QED) is 0.539. The Bertz CT molecular complexity index is 865. The van der Waals surface area contributed by atoms with Crippen LogP contribution in [-0.4, -0.2) is 23.1 Å². The number of nitrogens with one attached hydrogen (secondary N) is 2. The molecule has 6 heteroatoms. The lowest BCUT2D eigenvalue weighted by Crippen LogP contribution is -2.21. The number of amides is 2. The summed E-state index contributed by atoms with van der Waals surface area (Å²) in [5, 5.41) is 16.5. The molecule has 0 aliphatic heterocycles. The topological polar surface area (TPSA) is 90.8 Å². The molecule has 0 bridgehead atoms. The van der Waals surface area contributed by atoms with E-state index in [0.29, 0.717) is 0 Å². The second-order valence-electron chi connectivity index (χ2n) is 6.59. The highest BCUT2D eigenvalue weighted by Gasteiger charge is 2.09. The fourth-order valence-corrected chi connectivity index (χ4v) is 2.62. The number of aromatic hydroxyl groups is 1. The first-order chi connectivity index (χ1) is 12.8. The Kier molecular flexibility index (Phi) is 6.71. The Hall–Kier alpha value is -3.15. The third-order valence-corrected chi connectivity index (χ3v) is 4.37. The molecule has 6 nitrogen and oxygen atoms in total. The molecule has 0 heterocycles. The third-order valence-electron chi connectivity index (χ3n) is 4.37. The summed E-state index contributed by atoms with van der Waals surface area (Å²) in [4.78, 5) is 23.9. The average molecular weight is 367 g/mol. The molecular weight excluding hydrogens is 342 g/mol.